The number of ether oxygens (including phenoxy) is 1. The Labute approximate surface area is 167 Å². The summed E-state index contributed by atoms with van der Waals surface area (Å²) in [5.74, 6) is -0.00235. The molecule has 0 rings (SSSR count). The van der Waals surface area contributed by atoms with Gasteiger partial charge in [0.1, 0.15) is 0 Å². The highest BCUT2D eigenvalue weighted by Gasteiger charge is 2.30. The minimum absolute atomic E-state index is 0.00200. The quantitative estimate of drug-likeness (QED) is 0.347. The molecule has 0 aliphatic carbocycles. The summed E-state index contributed by atoms with van der Waals surface area (Å²) in [7, 11) is 2.19. The van der Waals surface area contributed by atoms with E-state index in [2.05, 4.69) is 39.6 Å². The van der Waals surface area contributed by atoms with E-state index in [0.29, 0.717) is 24.3 Å². The van der Waals surface area contributed by atoms with Crippen LogP contribution in [0.3, 0.4) is 0 Å². The average Bonchev–Trinajstić information content (AvgIpc) is 2.59. The molecule has 0 spiro atoms. The number of esters is 1. The lowest BCUT2D eigenvalue weighted by atomic mass is 9.84. The maximum atomic E-state index is 12.0. The molecule has 7 atom stereocenters. The molecule has 27 heavy (non-hydrogen) atoms. The summed E-state index contributed by atoms with van der Waals surface area (Å²) in [4.78, 5) is 14.5. The second-order valence-electron chi connectivity index (χ2n) is 8.82. The van der Waals surface area contributed by atoms with Crippen LogP contribution in [0.25, 0.3) is 0 Å². The topological polar surface area (TPSA) is 70.0 Å². The summed E-state index contributed by atoms with van der Waals surface area (Å²) in [5.41, 5.74) is 0. The van der Waals surface area contributed by atoms with Crippen molar-refractivity contribution in [3.05, 3.63) is 0 Å². The number of carbonyl (C=O) groups is 1. The Hall–Kier alpha value is -0.650. The number of hydrogen-bond acceptors (Lipinski definition) is 5. The van der Waals surface area contributed by atoms with Gasteiger partial charge < -0.3 is 19.8 Å². The fourth-order valence-corrected chi connectivity index (χ4v) is 3.85. The fourth-order valence-electron chi connectivity index (χ4n) is 3.85. The van der Waals surface area contributed by atoms with Crippen molar-refractivity contribution in [2.45, 2.75) is 99.0 Å². The number of rotatable bonds is 14. The maximum Gasteiger partial charge on any atom is 0.313 e. The standard InChI is InChI=1S/C22H45NO4/c1-9-11-15(3)14-23(8)18(6)13-16(4)12-17(5)21(25)19(7)22(26)27-20(24)10-2/h15-21,24-25H,9-14H2,1-8H3/t15-,16?,17?,18-,19?,20?,21?/m1/s1. The first-order valence-corrected chi connectivity index (χ1v) is 10.8. The molecule has 0 amide bonds. The molecule has 0 aliphatic rings. The van der Waals surface area contributed by atoms with Crippen LogP contribution in [0.15, 0.2) is 0 Å². The van der Waals surface area contributed by atoms with Gasteiger partial charge in [-0.15, -0.1) is 0 Å². The van der Waals surface area contributed by atoms with E-state index in [1.165, 1.54) is 12.8 Å². The summed E-state index contributed by atoms with van der Waals surface area (Å²) in [6, 6.07) is 0.491. The van der Waals surface area contributed by atoms with Crippen LogP contribution in [0.5, 0.6) is 0 Å². The number of aliphatic hydroxyl groups excluding tert-OH is 2. The molecule has 0 radical (unpaired) electrons. The van der Waals surface area contributed by atoms with Gasteiger partial charge >= 0.3 is 5.97 Å². The van der Waals surface area contributed by atoms with Gasteiger partial charge in [-0.3, -0.25) is 4.79 Å². The molecule has 0 aromatic rings. The van der Waals surface area contributed by atoms with Crippen LogP contribution in [0.1, 0.15) is 80.6 Å². The van der Waals surface area contributed by atoms with Gasteiger partial charge in [-0.1, -0.05) is 41.0 Å². The Morgan fingerprint density at radius 1 is 1.00 bits per heavy atom. The molecule has 0 saturated heterocycles. The van der Waals surface area contributed by atoms with Gasteiger partial charge in [-0.2, -0.15) is 0 Å². The highest BCUT2D eigenvalue weighted by atomic mass is 16.6. The van der Waals surface area contributed by atoms with Crippen molar-refractivity contribution in [2.24, 2.45) is 23.7 Å². The van der Waals surface area contributed by atoms with E-state index in [4.69, 9.17) is 4.74 Å². The van der Waals surface area contributed by atoms with Crippen molar-refractivity contribution in [2.75, 3.05) is 13.6 Å². The Balaban J connectivity index is 4.45. The van der Waals surface area contributed by atoms with Gasteiger partial charge in [0.2, 0.25) is 0 Å². The lowest BCUT2D eigenvalue weighted by molar-refractivity contribution is -0.177. The minimum Gasteiger partial charge on any atom is -0.436 e. The third kappa shape index (κ3) is 10.5. The number of carbonyl (C=O) groups excluding carboxylic acids is 1. The third-order valence-electron chi connectivity index (χ3n) is 5.72. The second-order valence-corrected chi connectivity index (χ2v) is 8.82. The molecule has 2 N–H and O–H groups in total. The molecule has 0 aliphatic heterocycles. The van der Waals surface area contributed by atoms with Gasteiger partial charge in [0.05, 0.1) is 12.0 Å². The van der Waals surface area contributed by atoms with E-state index in [0.717, 1.165) is 19.4 Å². The van der Waals surface area contributed by atoms with Crippen molar-refractivity contribution < 1.29 is 19.7 Å². The molecule has 162 valence electrons. The zero-order valence-electron chi connectivity index (χ0n) is 18.9. The van der Waals surface area contributed by atoms with Crippen molar-refractivity contribution >= 4 is 5.97 Å². The Kier molecular flexibility index (Phi) is 13.2. The highest BCUT2D eigenvalue weighted by Crippen LogP contribution is 2.25. The zero-order valence-corrected chi connectivity index (χ0v) is 18.9. The normalized spacial score (nSPS) is 19.8. The van der Waals surface area contributed by atoms with Crippen LogP contribution in [0, 0.1) is 23.7 Å². The molecular weight excluding hydrogens is 342 g/mol. The van der Waals surface area contributed by atoms with Crippen molar-refractivity contribution in [1.82, 2.24) is 4.90 Å². The zero-order chi connectivity index (χ0) is 21.1. The highest BCUT2D eigenvalue weighted by molar-refractivity contribution is 5.72. The largest absolute Gasteiger partial charge is 0.436 e. The molecular formula is C22H45NO4. The predicted molar refractivity (Wildman–Crippen MR) is 111 cm³/mol. The molecule has 0 saturated carbocycles. The monoisotopic (exact) mass is 387 g/mol. The van der Waals surface area contributed by atoms with Crippen LogP contribution in [0.4, 0.5) is 0 Å². The smallest absolute Gasteiger partial charge is 0.313 e. The van der Waals surface area contributed by atoms with Crippen molar-refractivity contribution in [3.63, 3.8) is 0 Å². The third-order valence-corrected chi connectivity index (χ3v) is 5.72. The van der Waals surface area contributed by atoms with Crippen molar-refractivity contribution in [3.8, 4) is 0 Å². The summed E-state index contributed by atoms with van der Waals surface area (Å²) in [5, 5.41) is 20.0. The van der Waals surface area contributed by atoms with Crippen LogP contribution >= 0.6 is 0 Å². The van der Waals surface area contributed by atoms with E-state index in [-0.39, 0.29) is 5.92 Å². The van der Waals surface area contributed by atoms with Gasteiger partial charge in [-0.05, 0) is 57.9 Å². The van der Waals surface area contributed by atoms with E-state index in [1.807, 2.05) is 6.92 Å². The first-order chi connectivity index (χ1) is 12.5. The van der Waals surface area contributed by atoms with Crippen LogP contribution in [0.2, 0.25) is 0 Å². The van der Waals surface area contributed by atoms with Gasteiger partial charge in [0.25, 0.3) is 0 Å². The molecule has 0 bridgehead atoms. The first-order valence-electron chi connectivity index (χ1n) is 10.8. The SMILES string of the molecule is CCC[C@@H](C)CN(C)[C@H](C)CC(C)CC(C)C(O)C(C)C(=O)OC(O)CC. The average molecular weight is 388 g/mol. The minimum atomic E-state index is -1.09. The van der Waals surface area contributed by atoms with Gasteiger partial charge in [0, 0.05) is 19.0 Å². The van der Waals surface area contributed by atoms with Gasteiger partial charge in [-0.25, -0.2) is 0 Å². The second kappa shape index (κ2) is 13.5. The molecule has 0 fully saturated rings. The molecule has 5 heteroatoms. The lowest BCUT2D eigenvalue weighted by Crippen LogP contribution is -2.36. The van der Waals surface area contributed by atoms with Crippen LogP contribution < -0.4 is 0 Å². The Bertz CT molecular complexity index is 404. The number of hydrogen-bond donors (Lipinski definition) is 2. The van der Waals surface area contributed by atoms with Crippen LogP contribution in [-0.2, 0) is 9.53 Å². The van der Waals surface area contributed by atoms with E-state index < -0.39 is 24.3 Å². The molecule has 0 aromatic carbocycles. The summed E-state index contributed by atoms with van der Waals surface area (Å²) < 4.78 is 4.94. The predicted octanol–water partition coefficient (Wildman–Crippen LogP) is 4.06. The van der Waals surface area contributed by atoms with Crippen LogP contribution in [-0.4, -0.2) is 53.1 Å². The molecule has 5 nitrogen and oxygen atoms in total. The number of nitrogens with zero attached hydrogens (tertiary/aromatic N) is 1. The molecule has 0 heterocycles. The molecule has 5 unspecified atom stereocenters. The Morgan fingerprint density at radius 2 is 1.59 bits per heavy atom. The summed E-state index contributed by atoms with van der Waals surface area (Å²) >= 11 is 0. The van der Waals surface area contributed by atoms with E-state index in [1.54, 1.807) is 13.8 Å². The number of aliphatic hydroxyl groups is 2. The Morgan fingerprint density at radius 3 is 2.11 bits per heavy atom. The van der Waals surface area contributed by atoms with Gasteiger partial charge in [0.15, 0.2) is 6.29 Å². The first kappa shape index (κ1) is 26.4. The van der Waals surface area contributed by atoms with Crippen molar-refractivity contribution in [1.29, 1.82) is 0 Å². The van der Waals surface area contributed by atoms with E-state index >= 15 is 0 Å². The lowest BCUT2D eigenvalue weighted by Gasteiger charge is -2.31. The summed E-state index contributed by atoms with van der Waals surface area (Å²) in [6.07, 6.45) is 2.91. The van der Waals surface area contributed by atoms with E-state index in [9.17, 15) is 15.0 Å². The molecule has 0 aromatic heterocycles. The summed E-state index contributed by atoms with van der Waals surface area (Å²) in [6.45, 7) is 15.5. The maximum absolute atomic E-state index is 12.0. The fraction of sp³-hybridized carbons (Fsp3) is 0.955.